The minimum atomic E-state index is -0.557. The van der Waals surface area contributed by atoms with E-state index in [2.05, 4.69) is 39.4 Å². The standard InChI is InChI=1S/C24H28N6O4/c1-14(2)7-8-30-21(24(32)33-4)20(29-23(31)19-6-5-9-34-19)18-10-16(11-27-22(18)30)26-13-17-12-25-15(3)28-17/h5-6,9-12,14,26H,7-8,13H2,1-4H3,(H,25,28)(H,29,31). The molecule has 178 valence electrons. The van der Waals surface area contributed by atoms with Crippen LogP contribution in [-0.4, -0.2) is 38.5 Å². The number of esters is 1. The quantitative estimate of drug-likeness (QED) is 0.314. The molecular weight excluding hydrogens is 436 g/mol. The van der Waals surface area contributed by atoms with Crippen LogP contribution in [0.5, 0.6) is 0 Å². The fraction of sp³-hybridized carbons (Fsp3) is 0.333. The van der Waals surface area contributed by atoms with Crippen LogP contribution >= 0.6 is 0 Å². The summed E-state index contributed by atoms with van der Waals surface area (Å²) in [6.45, 7) is 7.16. The number of pyridine rings is 1. The molecule has 0 saturated heterocycles. The van der Waals surface area contributed by atoms with Gasteiger partial charge in [0.1, 0.15) is 11.5 Å². The first kappa shape index (κ1) is 23.1. The van der Waals surface area contributed by atoms with Crippen molar-refractivity contribution >= 4 is 34.3 Å². The van der Waals surface area contributed by atoms with Gasteiger partial charge in [-0.2, -0.15) is 0 Å². The summed E-state index contributed by atoms with van der Waals surface area (Å²) in [4.78, 5) is 37.7. The van der Waals surface area contributed by atoms with Gasteiger partial charge in [0.25, 0.3) is 5.91 Å². The summed E-state index contributed by atoms with van der Waals surface area (Å²) in [5.41, 5.74) is 2.81. The molecule has 0 aliphatic rings. The number of fused-ring (bicyclic) bond motifs is 1. The molecular formula is C24H28N6O4. The molecule has 3 N–H and O–H groups in total. The molecule has 0 radical (unpaired) electrons. The molecule has 0 spiro atoms. The Morgan fingerprint density at radius 2 is 2.09 bits per heavy atom. The zero-order valence-corrected chi connectivity index (χ0v) is 19.6. The molecule has 10 nitrogen and oxygen atoms in total. The number of imidazole rings is 1. The second kappa shape index (κ2) is 9.82. The van der Waals surface area contributed by atoms with Gasteiger partial charge < -0.3 is 29.3 Å². The molecule has 4 aromatic rings. The lowest BCUT2D eigenvalue weighted by atomic mass is 10.1. The van der Waals surface area contributed by atoms with Gasteiger partial charge in [-0.3, -0.25) is 4.79 Å². The Labute approximate surface area is 196 Å². The van der Waals surface area contributed by atoms with Crippen molar-refractivity contribution in [3.05, 3.63) is 59.8 Å². The maximum atomic E-state index is 12.9. The van der Waals surface area contributed by atoms with Gasteiger partial charge in [-0.1, -0.05) is 13.8 Å². The van der Waals surface area contributed by atoms with Crippen LogP contribution in [0.3, 0.4) is 0 Å². The van der Waals surface area contributed by atoms with Crippen molar-refractivity contribution < 1.29 is 18.7 Å². The Hall–Kier alpha value is -4.08. The van der Waals surface area contributed by atoms with Crippen molar-refractivity contribution in [1.29, 1.82) is 0 Å². The fourth-order valence-corrected chi connectivity index (χ4v) is 3.70. The van der Waals surface area contributed by atoms with E-state index in [1.807, 2.05) is 13.0 Å². The minimum Gasteiger partial charge on any atom is -0.464 e. The van der Waals surface area contributed by atoms with E-state index in [0.717, 1.165) is 23.6 Å². The van der Waals surface area contributed by atoms with Crippen LogP contribution in [0, 0.1) is 12.8 Å². The summed E-state index contributed by atoms with van der Waals surface area (Å²) in [6, 6.07) is 5.05. The number of aromatic amines is 1. The number of hydrogen-bond donors (Lipinski definition) is 3. The second-order valence-electron chi connectivity index (χ2n) is 8.42. The molecule has 1 amide bonds. The van der Waals surface area contributed by atoms with Gasteiger partial charge in [0.15, 0.2) is 11.5 Å². The summed E-state index contributed by atoms with van der Waals surface area (Å²) >= 11 is 0. The van der Waals surface area contributed by atoms with Crippen molar-refractivity contribution in [3.8, 4) is 0 Å². The van der Waals surface area contributed by atoms with Crippen molar-refractivity contribution in [2.24, 2.45) is 5.92 Å². The molecule has 0 fully saturated rings. The van der Waals surface area contributed by atoms with E-state index >= 15 is 0 Å². The number of nitrogens with one attached hydrogen (secondary N) is 3. The monoisotopic (exact) mass is 464 g/mol. The summed E-state index contributed by atoms with van der Waals surface area (Å²) in [7, 11) is 1.32. The number of aryl methyl sites for hydroxylation is 2. The van der Waals surface area contributed by atoms with E-state index in [1.54, 1.807) is 29.1 Å². The van der Waals surface area contributed by atoms with Crippen LogP contribution in [0.1, 0.15) is 52.8 Å². The van der Waals surface area contributed by atoms with Crippen molar-refractivity contribution in [2.45, 2.75) is 40.3 Å². The maximum Gasteiger partial charge on any atom is 0.356 e. The first-order valence-electron chi connectivity index (χ1n) is 11.1. The number of hydrogen-bond acceptors (Lipinski definition) is 7. The number of H-pyrrole nitrogens is 1. The van der Waals surface area contributed by atoms with Gasteiger partial charge >= 0.3 is 5.97 Å². The zero-order chi connectivity index (χ0) is 24.2. The number of carbonyl (C=O) groups excluding carboxylic acids is 2. The molecule has 0 bridgehead atoms. The summed E-state index contributed by atoms with van der Waals surface area (Å²) in [5.74, 6) is 0.347. The third-order valence-electron chi connectivity index (χ3n) is 5.43. The SMILES string of the molecule is COC(=O)c1c(NC(=O)c2ccco2)c2cc(NCc3cnc(C)[nH]3)cnc2n1CCC(C)C. The average Bonchev–Trinajstić information content (AvgIpc) is 3.55. The third-order valence-corrected chi connectivity index (χ3v) is 5.43. The Bertz CT molecular complexity index is 1300. The van der Waals surface area contributed by atoms with E-state index < -0.39 is 11.9 Å². The van der Waals surface area contributed by atoms with Crippen LogP contribution in [0.25, 0.3) is 11.0 Å². The van der Waals surface area contributed by atoms with Crippen molar-refractivity contribution in [1.82, 2.24) is 19.5 Å². The van der Waals surface area contributed by atoms with Gasteiger partial charge in [0, 0.05) is 11.9 Å². The molecule has 10 heteroatoms. The van der Waals surface area contributed by atoms with E-state index in [4.69, 9.17) is 9.15 Å². The highest BCUT2D eigenvalue weighted by molar-refractivity contribution is 6.14. The molecule has 0 aliphatic carbocycles. The second-order valence-corrected chi connectivity index (χ2v) is 8.42. The number of rotatable bonds is 9. The lowest BCUT2D eigenvalue weighted by molar-refractivity contribution is 0.0589. The van der Waals surface area contributed by atoms with E-state index in [0.29, 0.717) is 35.7 Å². The smallest absolute Gasteiger partial charge is 0.356 e. The van der Waals surface area contributed by atoms with Gasteiger partial charge in [0.2, 0.25) is 0 Å². The van der Waals surface area contributed by atoms with Gasteiger partial charge in [-0.25, -0.2) is 14.8 Å². The highest BCUT2D eigenvalue weighted by atomic mass is 16.5. The fourth-order valence-electron chi connectivity index (χ4n) is 3.70. The molecule has 4 heterocycles. The third kappa shape index (κ3) is 4.80. The summed E-state index contributed by atoms with van der Waals surface area (Å²) in [6.07, 6.45) is 5.71. The Kier molecular flexibility index (Phi) is 6.67. The zero-order valence-electron chi connectivity index (χ0n) is 19.6. The average molecular weight is 465 g/mol. The highest BCUT2D eigenvalue weighted by Gasteiger charge is 2.27. The predicted octanol–water partition coefficient (Wildman–Crippen LogP) is 4.36. The van der Waals surface area contributed by atoms with Crippen molar-refractivity contribution in [3.63, 3.8) is 0 Å². The number of furan rings is 1. The van der Waals surface area contributed by atoms with Crippen LogP contribution in [0.2, 0.25) is 0 Å². The van der Waals surface area contributed by atoms with Crippen LogP contribution < -0.4 is 10.6 Å². The Morgan fingerprint density at radius 1 is 1.26 bits per heavy atom. The number of anilines is 2. The molecule has 0 aliphatic heterocycles. The first-order valence-corrected chi connectivity index (χ1v) is 11.1. The topological polar surface area (TPSA) is 127 Å². The number of ether oxygens (including phenoxy) is 1. The molecule has 4 rings (SSSR count). The number of aromatic nitrogens is 4. The summed E-state index contributed by atoms with van der Waals surface area (Å²) < 4.78 is 12.1. The van der Waals surface area contributed by atoms with Crippen molar-refractivity contribution in [2.75, 3.05) is 17.7 Å². The molecule has 0 saturated carbocycles. The lowest BCUT2D eigenvalue weighted by Crippen LogP contribution is -2.17. The Morgan fingerprint density at radius 3 is 2.74 bits per heavy atom. The molecule has 4 aromatic heterocycles. The largest absolute Gasteiger partial charge is 0.464 e. The molecule has 34 heavy (non-hydrogen) atoms. The van der Waals surface area contributed by atoms with Gasteiger partial charge in [0.05, 0.1) is 49.4 Å². The van der Waals surface area contributed by atoms with Crippen LogP contribution in [0.4, 0.5) is 11.4 Å². The molecule has 0 aromatic carbocycles. The maximum absolute atomic E-state index is 12.9. The normalized spacial score (nSPS) is 11.2. The molecule has 0 unspecified atom stereocenters. The lowest BCUT2D eigenvalue weighted by Gasteiger charge is -2.11. The van der Waals surface area contributed by atoms with E-state index in [9.17, 15) is 9.59 Å². The highest BCUT2D eigenvalue weighted by Crippen LogP contribution is 2.33. The first-order chi connectivity index (χ1) is 16.4. The number of carbonyl (C=O) groups is 2. The van der Waals surface area contributed by atoms with Gasteiger partial charge in [-0.05, 0) is 37.5 Å². The van der Waals surface area contributed by atoms with E-state index in [1.165, 1.54) is 13.4 Å². The van der Waals surface area contributed by atoms with E-state index in [-0.39, 0.29) is 11.5 Å². The van der Waals surface area contributed by atoms with Gasteiger partial charge in [-0.15, -0.1) is 0 Å². The number of amides is 1. The number of nitrogens with zero attached hydrogens (tertiary/aromatic N) is 3. The van der Waals surface area contributed by atoms with Crippen LogP contribution in [-0.2, 0) is 17.8 Å². The molecule has 0 atom stereocenters. The predicted molar refractivity (Wildman–Crippen MR) is 128 cm³/mol. The van der Waals surface area contributed by atoms with Crippen LogP contribution in [0.15, 0.2) is 41.3 Å². The summed E-state index contributed by atoms with van der Waals surface area (Å²) in [5, 5.41) is 6.77. The minimum absolute atomic E-state index is 0.135. The Balaban J connectivity index is 1.78. The number of methoxy groups -OCH3 is 1.